The molecule has 0 aliphatic rings. The molecule has 0 radical (unpaired) electrons. The van der Waals surface area contributed by atoms with Gasteiger partial charge in [-0.2, -0.15) is 5.10 Å². The summed E-state index contributed by atoms with van der Waals surface area (Å²) in [6.07, 6.45) is 3.79. The van der Waals surface area contributed by atoms with Gasteiger partial charge < -0.3 is 5.32 Å². The normalized spacial score (nSPS) is 10.3. The maximum absolute atomic E-state index is 13.3. The number of benzene rings is 1. The third kappa shape index (κ3) is 3.41. The van der Waals surface area contributed by atoms with Crippen molar-refractivity contribution in [1.29, 1.82) is 0 Å². The van der Waals surface area contributed by atoms with Crippen LogP contribution in [-0.2, 0) is 17.9 Å². The zero-order valence-electron chi connectivity index (χ0n) is 9.84. The number of aryl methyl sites for hydroxylation is 1. The molecule has 0 atom stereocenters. The second kappa shape index (κ2) is 5.95. The molecule has 2 rings (SSSR count). The Morgan fingerprint density at radius 1 is 1.33 bits per heavy atom. The number of hydrogen-bond acceptors (Lipinski definition) is 2. The third-order valence-electron chi connectivity index (χ3n) is 2.56. The van der Waals surface area contributed by atoms with Gasteiger partial charge in [-0.3, -0.25) is 9.48 Å². The molecule has 0 saturated heterocycles. The van der Waals surface area contributed by atoms with Crippen LogP contribution >= 0.6 is 0 Å². The number of hydrogen-bond donors (Lipinski definition) is 1. The largest absolute Gasteiger partial charge is 0.352 e. The fraction of sp³-hybridized carbons (Fsp3) is 0.231. The number of aromatic nitrogens is 2. The Morgan fingerprint density at radius 2 is 2.17 bits per heavy atom. The summed E-state index contributed by atoms with van der Waals surface area (Å²) in [5.74, 6) is -0.418. The van der Waals surface area contributed by atoms with Gasteiger partial charge in [0.2, 0.25) is 5.91 Å². The Bertz CT molecular complexity index is 511. The molecule has 0 spiro atoms. The molecule has 1 amide bonds. The minimum Gasteiger partial charge on any atom is -0.352 e. The van der Waals surface area contributed by atoms with Crippen LogP contribution in [0.1, 0.15) is 12.0 Å². The number of rotatable bonds is 5. The molecule has 0 aliphatic heterocycles. The van der Waals surface area contributed by atoms with E-state index in [0.29, 0.717) is 18.5 Å². The Kier molecular flexibility index (Phi) is 4.06. The van der Waals surface area contributed by atoms with E-state index < -0.39 is 0 Å². The molecule has 0 bridgehead atoms. The van der Waals surface area contributed by atoms with E-state index in [0.717, 1.165) is 0 Å². The highest BCUT2D eigenvalue weighted by molar-refractivity contribution is 5.75. The lowest BCUT2D eigenvalue weighted by molar-refractivity contribution is -0.121. The summed E-state index contributed by atoms with van der Waals surface area (Å²) in [4.78, 5) is 11.5. The number of nitrogens with zero attached hydrogens (tertiary/aromatic N) is 2. The van der Waals surface area contributed by atoms with Gasteiger partial charge in [0.05, 0.1) is 0 Å². The molecule has 1 aromatic heterocycles. The summed E-state index contributed by atoms with van der Waals surface area (Å²) in [6, 6.07) is 8.21. The predicted molar refractivity (Wildman–Crippen MR) is 65.1 cm³/mol. The van der Waals surface area contributed by atoms with Crippen LogP contribution in [0.2, 0.25) is 0 Å². The van der Waals surface area contributed by atoms with Crippen LogP contribution in [0.15, 0.2) is 42.7 Å². The molecule has 1 aromatic carbocycles. The molecule has 94 valence electrons. The predicted octanol–water partition coefficient (Wildman–Crippen LogP) is 1.73. The van der Waals surface area contributed by atoms with E-state index in [1.54, 1.807) is 41.3 Å². The van der Waals surface area contributed by atoms with Gasteiger partial charge in [-0.15, -0.1) is 0 Å². The molecule has 1 N–H and O–H groups in total. The second-order valence-electron chi connectivity index (χ2n) is 3.89. The standard InChI is InChI=1S/C13H14FN3O/c14-12-5-2-1-4-11(12)10-15-13(18)6-9-17-8-3-7-16-17/h1-5,7-8H,6,9-10H2,(H,15,18). The van der Waals surface area contributed by atoms with Crippen molar-refractivity contribution in [2.24, 2.45) is 0 Å². The molecule has 4 nitrogen and oxygen atoms in total. The molecular formula is C13H14FN3O. The molecule has 2 aromatic rings. The molecule has 1 heterocycles. The number of amides is 1. The number of halogens is 1. The molecule has 0 aliphatic carbocycles. The molecule has 0 saturated carbocycles. The molecule has 0 fully saturated rings. The minimum absolute atomic E-state index is 0.117. The molecule has 0 unspecified atom stereocenters. The van der Waals surface area contributed by atoms with Gasteiger partial charge in [0, 0.05) is 37.5 Å². The van der Waals surface area contributed by atoms with E-state index >= 15 is 0 Å². The summed E-state index contributed by atoms with van der Waals surface area (Å²) >= 11 is 0. The van der Waals surface area contributed by atoms with E-state index in [9.17, 15) is 9.18 Å². The van der Waals surface area contributed by atoms with Gasteiger partial charge in [0.1, 0.15) is 5.82 Å². The van der Waals surface area contributed by atoms with E-state index in [2.05, 4.69) is 10.4 Å². The summed E-state index contributed by atoms with van der Waals surface area (Å²) in [5, 5.41) is 6.68. The zero-order chi connectivity index (χ0) is 12.8. The van der Waals surface area contributed by atoms with Crippen molar-refractivity contribution >= 4 is 5.91 Å². The van der Waals surface area contributed by atoms with E-state index in [-0.39, 0.29) is 18.3 Å². The van der Waals surface area contributed by atoms with Crippen molar-refractivity contribution in [3.8, 4) is 0 Å². The van der Waals surface area contributed by atoms with Crippen LogP contribution in [0.3, 0.4) is 0 Å². The van der Waals surface area contributed by atoms with Gasteiger partial charge in [0.25, 0.3) is 0 Å². The topological polar surface area (TPSA) is 46.9 Å². The van der Waals surface area contributed by atoms with Gasteiger partial charge in [-0.25, -0.2) is 4.39 Å². The van der Waals surface area contributed by atoms with E-state index in [1.165, 1.54) is 6.07 Å². The fourth-order valence-electron chi connectivity index (χ4n) is 1.57. The molecular weight excluding hydrogens is 233 g/mol. The number of nitrogens with one attached hydrogen (secondary N) is 1. The van der Waals surface area contributed by atoms with Crippen molar-refractivity contribution in [1.82, 2.24) is 15.1 Å². The van der Waals surface area contributed by atoms with Crippen LogP contribution in [0.4, 0.5) is 4.39 Å². The summed E-state index contributed by atoms with van der Waals surface area (Å²) in [5.41, 5.74) is 0.491. The zero-order valence-corrected chi connectivity index (χ0v) is 9.84. The smallest absolute Gasteiger partial charge is 0.222 e. The lowest BCUT2D eigenvalue weighted by Gasteiger charge is -2.06. The first-order valence-electron chi connectivity index (χ1n) is 5.73. The highest BCUT2D eigenvalue weighted by atomic mass is 19.1. The monoisotopic (exact) mass is 247 g/mol. The Hall–Kier alpha value is -2.17. The Labute approximate surface area is 104 Å². The quantitative estimate of drug-likeness (QED) is 0.874. The lowest BCUT2D eigenvalue weighted by Crippen LogP contribution is -2.24. The highest BCUT2D eigenvalue weighted by Crippen LogP contribution is 2.05. The Morgan fingerprint density at radius 3 is 2.89 bits per heavy atom. The average Bonchev–Trinajstić information content (AvgIpc) is 2.88. The van der Waals surface area contributed by atoms with Crippen molar-refractivity contribution < 1.29 is 9.18 Å². The van der Waals surface area contributed by atoms with E-state index in [1.807, 2.05) is 0 Å². The van der Waals surface area contributed by atoms with Gasteiger partial charge in [-0.1, -0.05) is 18.2 Å². The number of carbonyl (C=O) groups is 1. The van der Waals surface area contributed by atoms with Crippen molar-refractivity contribution in [2.45, 2.75) is 19.5 Å². The van der Waals surface area contributed by atoms with Gasteiger partial charge in [-0.05, 0) is 12.1 Å². The molecule has 5 heteroatoms. The highest BCUT2D eigenvalue weighted by Gasteiger charge is 2.04. The summed E-state index contributed by atoms with van der Waals surface area (Å²) < 4.78 is 15.0. The Balaban J connectivity index is 1.77. The van der Waals surface area contributed by atoms with Gasteiger partial charge in [0.15, 0.2) is 0 Å². The van der Waals surface area contributed by atoms with Crippen molar-refractivity contribution in [2.75, 3.05) is 0 Å². The lowest BCUT2D eigenvalue weighted by atomic mass is 10.2. The van der Waals surface area contributed by atoms with Crippen LogP contribution in [0, 0.1) is 5.82 Å². The SMILES string of the molecule is O=C(CCn1cccn1)NCc1ccccc1F. The summed E-state index contributed by atoms with van der Waals surface area (Å²) in [6.45, 7) is 0.737. The first kappa shape index (κ1) is 12.3. The maximum atomic E-state index is 13.3. The van der Waals surface area contributed by atoms with Crippen LogP contribution in [-0.4, -0.2) is 15.7 Å². The van der Waals surface area contributed by atoms with Crippen molar-refractivity contribution in [3.63, 3.8) is 0 Å². The maximum Gasteiger partial charge on any atom is 0.222 e. The second-order valence-corrected chi connectivity index (χ2v) is 3.89. The van der Waals surface area contributed by atoms with Crippen molar-refractivity contribution in [3.05, 3.63) is 54.1 Å². The van der Waals surface area contributed by atoms with Gasteiger partial charge >= 0.3 is 0 Å². The van der Waals surface area contributed by atoms with E-state index in [4.69, 9.17) is 0 Å². The first-order chi connectivity index (χ1) is 8.75. The fourth-order valence-corrected chi connectivity index (χ4v) is 1.57. The van der Waals surface area contributed by atoms with Crippen LogP contribution < -0.4 is 5.32 Å². The minimum atomic E-state index is -0.301. The molecule has 18 heavy (non-hydrogen) atoms. The first-order valence-corrected chi connectivity index (χ1v) is 5.73. The van der Waals surface area contributed by atoms with Crippen LogP contribution in [0.5, 0.6) is 0 Å². The van der Waals surface area contributed by atoms with Crippen LogP contribution in [0.25, 0.3) is 0 Å². The third-order valence-corrected chi connectivity index (χ3v) is 2.56. The summed E-state index contributed by atoms with van der Waals surface area (Å²) in [7, 11) is 0. The number of carbonyl (C=O) groups excluding carboxylic acids is 1. The average molecular weight is 247 g/mol.